The van der Waals surface area contributed by atoms with Gasteiger partial charge in [-0.25, -0.2) is 0 Å². The lowest BCUT2D eigenvalue weighted by atomic mass is 10.0. The van der Waals surface area contributed by atoms with E-state index in [1.807, 2.05) is 0 Å². The topological polar surface area (TPSA) is 24.1 Å². The molecule has 0 amide bonds. The molecule has 1 aliphatic carbocycles. The lowest BCUT2D eigenvalue weighted by Crippen LogP contribution is -2.17. The summed E-state index contributed by atoms with van der Waals surface area (Å²) in [6, 6.07) is 7.82. The molecule has 0 unspecified atom stereocenters. The maximum atomic E-state index is 3.57. The summed E-state index contributed by atoms with van der Waals surface area (Å²) >= 11 is 0. The van der Waals surface area contributed by atoms with Crippen LogP contribution in [0.15, 0.2) is 18.2 Å². The van der Waals surface area contributed by atoms with Crippen LogP contribution in [-0.2, 0) is 19.5 Å². The fourth-order valence-corrected chi connectivity index (χ4v) is 2.39. The van der Waals surface area contributed by atoms with Gasteiger partial charge in [0.15, 0.2) is 0 Å². The molecular formula is C14H20N2. The van der Waals surface area contributed by atoms with Gasteiger partial charge in [-0.15, -0.1) is 0 Å². The second kappa shape index (κ2) is 4.56. The molecule has 86 valence electrons. The molecule has 1 aromatic carbocycles. The minimum atomic E-state index is 0.851. The highest BCUT2D eigenvalue weighted by Crippen LogP contribution is 2.19. The van der Waals surface area contributed by atoms with Crippen LogP contribution in [0.4, 0.5) is 0 Å². The summed E-state index contributed by atoms with van der Waals surface area (Å²) in [5.41, 5.74) is 4.49. The Kier molecular flexibility index (Phi) is 2.94. The van der Waals surface area contributed by atoms with Gasteiger partial charge in [0.25, 0.3) is 0 Å². The second-order valence-electron chi connectivity index (χ2n) is 5.04. The van der Waals surface area contributed by atoms with E-state index >= 15 is 0 Å². The molecule has 1 fully saturated rings. The first-order chi connectivity index (χ1) is 7.92. The van der Waals surface area contributed by atoms with Crippen molar-refractivity contribution in [2.45, 2.75) is 44.8 Å². The van der Waals surface area contributed by atoms with Crippen molar-refractivity contribution in [3.8, 4) is 0 Å². The molecule has 0 atom stereocenters. The van der Waals surface area contributed by atoms with Gasteiger partial charge in [0, 0.05) is 19.1 Å². The normalized spacial score (nSPS) is 18.8. The number of hydrogen-bond acceptors (Lipinski definition) is 2. The van der Waals surface area contributed by atoms with Crippen molar-refractivity contribution in [3.63, 3.8) is 0 Å². The van der Waals surface area contributed by atoms with Crippen LogP contribution in [-0.4, -0.2) is 12.6 Å². The maximum absolute atomic E-state index is 3.57. The summed E-state index contributed by atoms with van der Waals surface area (Å²) in [6.45, 7) is 3.29. The first kappa shape index (κ1) is 10.3. The van der Waals surface area contributed by atoms with E-state index in [4.69, 9.17) is 0 Å². The summed E-state index contributed by atoms with van der Waals surface area (Å²) in [5, 5.41) is 6.96. The van der Waals surface area contributed by atoms with E-state index in [0.717, 1.165) is 19.1 Å². The first-order valence-corrected chi connectivity index (χ1v) is 6.46. The van der Waals surface area contributed by atoms with Crippen LogP contribution >= 0.6 is 0 Å². The van der Waals surface area contributed by atoms with Crippen molar-refractivity contribution in [2.24, 2.45) is 0 Å². The fourth-order valence-electron chi connectivity index (χ4n) is 2.39. The van der Waals surface area contributed by atoms with Crippen LogP contribution in [0.2, 0.25) is 0 Å². The predicted molar refractivity (Wildman–Crippen MR) is 66.3 cm³/mol. The van der Waals surface area contributed by atoms with E-state index in [2.05, 4.69) is 28.8 Å². The van der Waals surface area contributed by atoms with Gasteiger partial charge in [-0.05, 0) is 48.9 Å². The van der Waals surface area contributed by atoms with Gasteiger partial charge in [0.05, 0.1) is 0 Å². The summed E-state index contributed by atoms with van der Waals surface area (Å²) in [6.07, 6.45) is 5.27. The molecule has 0 aromatic heterocycles. The third-order valence-electron chi connectivity index (χ3n) is 3.55. The quantitative estimate of drug-likeness (QED) is 0.735. The molecule has 1 heterocycles. The molecule has 0 spiro atoms. The summed E-state index contributed by atoms with van der Waals surface area (Å²) in [4.78, 5) is 0. The molecule has 0 bridgehead atoms. The molecular weight excluding hydrogens is 196 g/mol. The average Bonchev–Trinajstić information content (AvgIpc) is 3.01. The van der Waals surface area contributed by atoms with Gasteiger partial charge < -0.3 is 10.6 Å². The van der Waals surface area contributed by atoms with Gasteiger partial charge in [0.1, 0.15) is 0 Å². The zero-order valence-electron chi connectivity index (χ0n) is 9.76. The SMILES string of the molecule is c1cc2c(cc1CCCNC1CC1)CNC2. The Morgan fingerprint density at radius 1 is 1.19 bits per heavy atom. The second-order valence-corrected chi connectivity index (χ2v) is 5.04. The summed E-state index contributed by atoms with van der Waals surface area (Å²) in [5.74, 6) is 0. The van der Waals surface area contributed by atoms with Crippen LogP contribution in [0.5, 0.6) is 0 Å². The van der Waals surface area contributed by atoms with E-state index in [1.165, 1.54) is 48.9 Å². The fraction of sp³-hybridized carbons (Fsp3) is 0.571. The Hall–Kier alpha value is -0.860. The molecule has 3 rings (SSSR count). The zero-order chi connectivity index (χ0) is 10.8. The lowest BCUT2D eigenvalue weighted by Gasteiger charge is -2.05. The van der Waals surface area contributed by atoms with Crippen molar-refractivity contribution < 1.29 is 0 Å². The van der Waals surface area contributed by atoms with Crippen LogP contribution < -0.4 is 10.6 Å². The number of benzene rings is 1. The first-order valence-electron chi connectivity index (χ1n) is 6.46. The van der Waals surface area contributed by atoms with Crippen molar-refractivity contribution in [1.82, 2.24) is 10.6 Å². The molecule has 1 aromatic rings. The number of rotatable bonds is 5. The van der Waals surface area contributed by atoms with Crippen LogP contribution in [0, 0.1) is 0 Å². The molecule has 2 aliphatic rings. The largest absolute Gasteiger partial charge is 0.314 e. The van der Waals surface area contributed by atoms with Crippen LogP contribution in [0.1, 0.15) is 36.0 Å². The average molecular weight is 216 g/mol. The maximum Gasteiger partial charge on any atom is 0.0212 e. The van der Waals surface area contributed by atoms with Crippen LogP contribution in [0.3, 0.4) is 0 Å². The minimum Gasteiger partial charge on any atom is -0.314 e. The highest BCUT2D eigenvalue weighted by molar-refractivity contribution is 5.34. The summed E-state index contributed by atoms with van der Waals surface area (Å²) < 4.78 is 0. The predicted octanol–water partition coefficient (Wildman–Crippen LogP) is 1.97. The molecule has 1 saturated carbocycles. The highest BCUT2D eigenvalue weighted by atomic mass is 14.9. The lowest BCUT2D eigenvalue weighted by molar-refractivity contribution is 0.645. The molecule has 2 nitrogen and oxygen atoms in total. The van der Waals surface area contributed by atoms with Crippen LogP contribution in [0.25, 0.3) is 0 Å². The molecule has 0 saturated heterocycles. The Morgan fingerprint density at radius 3 is 2.94 bits per heavy atom. The van der Waals surface area contributed by atoms with Gasteiger partial charge in [-0.2, -0.15) is 0 Å². The standard InChI is InChI=1S/C14H20N2/c1(7-16-14-5-6-14)2-11-3-4-12-9-15-10-13(12)8-11/h3-4,8,14-16H,1-2,5-7,9-10H2. The molecule has 2 N–H and O–H groups in total. The van der Waals surface area contributed by atoms with Crippen molar-refractivity contribution in [1.29, 1.82) is 0 Å². The van der Waals surface area contributed by atoms with E-state index in [1.54, 1.807) is 0 Å². The van der Waals surface area contributed by atoms with E-state index in [0.29, 0.717) is 0 Å². The van der Waals surface area contributed by atoms with Crippen molar-refractivity contribution in [3.05, 3.63) is 34.9 Å². The van der Waals surface area contributed by atoms with Gasteiger partial charge >= 0.3 is 0 Å². The molecule has 2 heteroatoms. The van der Waals surface area contributed by atoms with Gasteiger partial charge in [-0.3, -0.25) is 0 Å². The highest BCUT2D eigenvalue weighted by Gasteiger charge is 2.19. The van der Waals surface area contributed by atoms with Crippen molar-refractivity contribution in [2.75, 3.05) is 6.54 Å². The summed E-state index contributed by atoms with van der Waals surface area (Å²) in [7, 11) is 0. The van der Waals surface area contributed by atoms with Crippen molar-refractivity contribution >= 4 is 0 Å². The smallest absolute Gasteiger partial charge is 0.0212 e. The monoisotopic (exact) mass is 216 g/mol. The van der Waals surface area contributed by atoms with Gasteiger partial charge in [0.2, 0.25) is 0 Å². The Balaban J connectivity index is 1.49. The van der Waals surface area contributed by atoms with E-state index in [-0.39, 0.29) is 0 Å². The van der Waals surface area contributed by atoms with E-state index in [9.17, 15) is 0 Å². The Morgan fingerprint density at radius 2 is 2.06 bits per heavy atom. The zero-order valence-corrected chi connectivity index (χ0v) is 9.76. The molecule has 16 heavy (non-hydrogen) atoms. The number of fused-ring (bicyclic) bond motifs is 1. The Labute approximate surface area is 97.4 Å². The van der Waals surface area contributed by atoms with E-state index < -0.39 is 0 Å². The van der Waals surface area contributed by atoms with Gasteiger partial charge in [-0.1, -0.05) is 18.2 Å². The molecule has 0 radical (unpaired) electrons. The number of nitrogens with one attached hydrogen (secondary N) is 2. The Bertz CT molecular complexity index is 369. The minimum absolute atomic E-state index is 0.851. The third kappa shape index (κ3) is 2.45. The number of hydrogen-bond donors (Lipinski definition) is 2. The molecule has 1 aliphatic heterocycles. The third-order valence-corrected chi connectivity index (χ3v) is 3.55. The number of aryl methyl sites for hydroxylation is 1.